The lowest BCUT2D eigenvalue weighted by molar-refractivity contribution is -0.145. The molecule has 5 rings (SSSR count). The number of carbonyl (C=O) groups is 4. The molecule has 1 fully saturated rings. The SMILES string of the molecule is CC(C)OC(=O)c1cc(-n2c(=O)cc(C(F)(F)F)n(C)c2=O)ccc1Cl.CC1(C)OC(c2ccco2)CN1C(=O)C(Cl)Cl.CCc1cccc(C)c1N(C(=O)CCl)C(C)COC.CP(=O)(O)CCC(N)C(=O)O. The Labute approximate surface area is 440 Å². The highest BCUT2D eigenvalue weighted by Crippen LogP contribution is 2.37. The fraction of sp³-hybridized carbons (Fsp3) is 0.489. The number of carboxylic acids is 1. The van der Waals surface area contributed by atoms with Gasteiger partial charge in [-0.2, -0.15) is 13.2 Å². The second-order valence-electron chi connectivity index (χ2n) is 17.1. The van der Waals surface area contributed by atoms with E-state index in [1.54, 1.807) is 52.0 Å². The molecule has 0 aliphatic carbocycles. The lowest BCUT2D eigenvalue weighted by Gasteiger charge is -2.31. The summed E-state index contributed by atoms with van der Waals surface area (Å²) in [5.74, 6) is -1.70. The molecule has 406 valence electrons. The number of nitrogens with zero attached hydrogens (tertiary/aromatic N) is 4. The highest BCUT2D eigenvalue weighted by atomic mass is 35.5. The smallest absolute Gasteiger partial charge is 0.431 e. The number of hydrogen-bond donors (Lipinski definition) is 3. The molecule has 73 heavy (non-hydrogen) atoms. The molecule has 0 saturated carbocycles. The number of methoxy groups -OCH3 is 1. The van der Waals surface area contributed by atoms with Gasteiger partial charge in [-0.1, -0.05) is 59.9 Å². The third-order valence-corrected chi connectivity index (χ3v) is 12.5. The van der Waals surface area contributed by atoms with Crippen molar-refractivity contribution in [3.05, 3.63) is 115 Å². The second kappa shape index (κ2) is 28.3. The molecule has 4 atom stereocenters. The molecule has 4 N–H and O–H groups in total. The Morgan fingerprint density at radius 3 is 2.18 bits per heavy atom. The van der Waals surface area contributed by atoms with Gasteiger partial charge in [-0.05, 0) is 95.8 Å². The molecule has 0 bridgehead atoms. The maximum absolute atomic E-state index is 12.9. The Morgan fingerprint density at radius 1 is 1.05 bits per heavy atom. The topological polar surface area (TPSA) is 243 Å². The van der Waals surface area contributed by atoms with Gasteiger partial charge in [0, 0.05) is 33.1 Å². The molecule has 26 heteroatoms. The number of amides is 2. The van der Waals surface area contributed by atoms with Crippen LogP contribution in [0.2, 0.25) is 5.02 Å². The summed E-state index contributed by atoms with van der Waals surface area (Å²) in [4.78, 5) is 81.5. The number of furan rings is 1. The van der Waals surface area contributed by atoms with Gasteiger partial charge in [0.25, 0.3) is 11.5 Å². The molecule has 3 heterocycles. The zero-order chi connectivity index (χ0) is 55.9. The number of halogens is 7. The average molecular weight is 1130 g/mol. The van der Waals surface area contributed by atoms with Gasteiger partial charge in [0.15, 0.2) is 12.2 Å². The third-order valence-electron chi connectivity index (χ3n) is 10.5. The molecule has 2 aromatic heterocycles. The van der Waals surface area contributed by atoms with Gasteiger partial charge in [-0.25, -0.2) is 14.2 Å². The number of carbonyl (C=O) groups excluding carboxylic acids is 3. The predicted octanol–water partition coefficient (Wildman–Crippen LogP) is 8.35. The quantitative estimate of drug-likeness (QED) is 0.0576. The molecule has 1 saturated heterocycles. The number of ether oxygens (including phenoxy) is 3. The highest BCUT2D eigenvalue weighted by Gasteiger charge is 2.45. The van der Waals surface area contributed by atoms with Crippen molar-refractivity contribution in [2.75, 3.05) is 43.9 Å². The van der Waals surface area contributed by atoms with Crippen LogP contribution >= 0.6 is 53.8 Å². The Morgan fingerprint density at radius 2 is 1.68 bits per heavy atom. The van der Waals surface area contributed by atoms with Gasteiger partial charge in [-0.3, -0.25) is 28.3 Å². The van der Waals surface area contributed by atoms with Crippen molar-refractivity contribution >= 4 is 83.2 Å². The minimum Gasteiger partial charge on any atom is -0.480 e. The summed E-state index contributed by atoms with van der Waals surface area (Å²) in [7, 11) is -0.571. The number of alkyl halides is 6. The van der Waals surface area contributed by atoms with Crippen LogP contribution < -0.4 is 21.9 Å². The second-order valence-corrected chi connectivity index (χ2v) is 21.4. The summed E-state index contributed by atoms with van der Waals surface area (Å²) in [5.41, 5.74) is 3.56. The minimum absolute atomic E-state index is 0.0104. The van der Waals surface area contributed by atoms with Crippen molar-refractivity contribution in [3.8, 4) is 5.69 Å². The molecule has 4 unspecified atom stereocenters. The summed E-state index contributed by atoms with van der Waals surface area (Å²) in [6.45, 7) is 15.0. The molecule has 18 nitrogen and oxygen atoms in total. The zero-order valence-electron chi connectivity index (χ0n) is 41.7. The van der Waals surface area contributed by atoms with Gasteiger partial charge in [0.2, 0.25) is 5.91 Å². The molecule has 0 radical (unpaired) electrons. The number of nitrogens with two attached hydrogens (primary N) is 1. The fourth-order valence-electron chi connectivity index (χ4n) is 6.97. The largest absolute Gasteiger partial charge is 0.480 e. The molecule has 2 amide bonds. The van der Waals surface area contributed by atoms with E-state index in [9.17, 15) is 46.5 Å². The number of esters is 1. The Hall–Kier alpha value is -4.70. The van der Waals surface area contributed by atoms with Crippen LogP contribution in [0.1, 0.15) is 87.0 Å². The van der Waals surface area contributed by atoms with E-state index in [4.69, 9.17) is 80.8 Å². The first-order valence-electron chi connectivity index (χ1n) is 22.2. The van der Waals surface area contributed by atoms with Gasteiger partial charge in [0.1, 0.15) is 35.2 Å². The lowest BCUT2D eigenvalue weighted by Crippen LogP contribution is -2.45. The summed E-state index contributed by atoms with van der Waals surface area (Å²) in [6.07, 6.45) is -3.14. The van der Waals surface area contributed by atoms with Gasteiger partial charge in [-0.15, -0.1) is 11.6 Å². The van der Waals surface area contributed by atoms with Crippen LogP contribution in [-0.2, 0) is 52.8 Å². The van der Waals surface area contributed by atoms with E-state index in [2.05, 4.69) is 13.0 Å². The average Bonchev–Trinajstić information content (AvgIpc) is 3.95. The van der Waals surface area contributed by atoms with E-state index in [0.29, 0.717) is 34.1 Å². The van der Waals surface area contributed by atoms with Gasteiger partial charge < -0.3 is 44.2 Å². The molecular formula is C47H61Cl4F3N5O13P. The van der Waals surface area contributed by atoms with Gasteiger partial charge in [0.05, 0.1) is 53.5 Å². The first-order chi connectivity index (χ1) is 33.7. The summed E-state index contributed by atoms with van der Waals surface area (Å²) < 4.78 is 71.4. The van der Waals surface area contributed by atoms with Crippen LogP contribution in [0.5, 0.6) is 0 Å². The number of aromatic nitrogens is 2. The van der Waals surface area contributed by atoms with E-state index in [-0.39, 0.29) is 58.7 Å². The lowest BCUT2D eigenvalue weighted by atomic mass is 10.0. The normalized spacial score (nSPS) is 15.6. The fourth-order valence-corrected chi connectivity index (χ4v) is 8.29. The standard InChI is InChI=1S/C16H14ClF3N2O4.C15H22ClNO2.C11H13Cl2NO3.C5H12NO4P/c1-8(2)26-14(24)10-6-9(4-5-11(10)17)22-13(23)7-12(16(18,19)20)21(3)15(22)25;1-5-13-8-6-7-11(2)15(13)17(14(18)9-16)12(3)10-19-4;1-11(2)14(10(15)9(12)13)6-8(17-11)7-4-3-5-16-7;1-11(9,10)3-2-4(6)5(7)8/h4-8H,1-3H3;6-8,12H,5,9-10H2,1-4H3;3-5,8-9H,6H2,1-2H3;4H,2-3,6H2,1H3,(H,7,8)(H,9,10). The predicted molar refractivity (Wildman–Crippen MR) is 273 cm³/mol. The summed E-state index contributed by atoms with van der Waals surface area (Å²) in [5, 5.41) is 8.29. The molecular weight excluding hydrogens is 1070 g/mol. The van der Waals surface area contributed by atoms with Crippen LogP contribution in [0.3, 0.4) is 0 Å². The minimum atomic E-state index is -4.86. The van der Waals surface area contributed by atoms with Crippen molar-refractivity contribution in [1.29, 1.82) is 0 Å². The van der Waals surface area contributed by atoms with Crippen molar-refractivity contribution in [2.24, 2.45) is 12.8 Å². The van der Waals surface area contributed by atoms with E-state index in [1.165, 1.54) is 23.7 Å². The number of benzene rings is 2. The van der Waals surface area contributed by atoms with Crippen LogP contribution in [0.25, 0.3) is 5.69 Å². The highest BCUT2D eigenvalue weighted by molar-refractivity contribution is 7.57. The first-order valence-corrected chi connectivity index (χ1v) is 26.3. The summed E-state index contributed by atoms with van der Waals surface area (Å²) in [6, 6.07) is 12.5. The number of aliphatic carboxylic acids is 1. The molecule has 2 aromatic carbocycles. The maximum Gasteiger partial charge on any atom is 0.431 e. The van der Waals surface area contributed by atoms with Crippen LogP contribution in [0.4, 0.5) is 18.9 Å². The van der Waals surface area contributed by atoms with Crippen molar-refractivity contribution in [1.82, 2.24) is 14.0 Å². The van der Waals surface area contributed by atoms with Crippen LogP contribution in [0, 0.1) is 6.92 Å². The van der Waals surface area contributed by atoms with Crippen molar-refractivity contribution in [2.45, 2.75) is 102 Å². The van der Waals surface area contributed by atoms with Crippen LogP contribution in [0.15, 0.2) is 74.9 Å². The molecule has 0 spiro atoms. The van der Waals surface area contributed by atoms with E-state index in [1.807, 2.05) is 32.0 Å². The number of aryl methyl sites for hydroxylation is 2. The zero-order valence-corrected chi connectivity index (χ0v) is 45.7. The summed E-state index contributed by atoms with van der Waals surface area (Å²) >= 11 is 22.9. The Bertz CT molecular complexity index is 2680. The van der Waals surface area contributed by atoms with Crippen LogP contribution in [-0.4, -0.2) is 116 Å². The third kappa shape index (κ3) is 18.9. The van der Waals surface area contributed by atoms with E-state index in [0.717, 1.165) is 36.3 Å². The van der Waals surface area contributed by atoms with Crippen molar-refractivity contribution < 1.29 is 65.5 Å². The van der Waals surface area contributed by atoms with E-state index < -0.39 is 65.1 Å². The Kier molecular flexibility index (Phi) is 24.9. The number of carboxylic acid groups (broad SMARTS) is 1. The monoisotopic (exact) mass is 1130 g/mol. The molecule has 1 aliphatic rings. The maximum atomic E-state index is 12.9. The van der Waals surface area contributed by atoms with Gasteiger partial charge >= 0.3 is 23.8 Å². The Balaban J connectivity index is 0.000000348. The molecule has 4 aromatic rings. The molecule has 1 aliphatic heterocycles. The van der Waals surface area contributed by atoms with Crippen molar-refractivity contribution in [3.63, 3.8) is 0 Å². The number of para-hydroxylation sites is 1. The number of rotatable bonds is 15. The number of anilines is 1. The van der Waals surface area contributed by atoms with E-state index >= 15 is 0 Å². The first kappa shape index (κ1) is 64.4. The number of hydrogen-bond acceptors (Lipinski definition) is 12.